The first-order valence-electron chi connectivity index (χ1n) is 13.4. The third-order valence-electron chi connectivity index (χ3n) is 7.30. The summed E-state index contributed by atoms with van der Waals surface area (Å²) >= 11 is 0. The molecule has 10 nitrogen and oxygen atoms in total. The zero-order chi connectivity index (χ0) is 30.1. The molecule has 1 fully saturated rings. The minimum atomic E-state index is -1.71. The van der Waals surface area contributed by atoms with Crippen molar-refractivity contribution in [1.82, 2.24) is 4.90 Å². The molecule has 0 radical (unpaired) electrons. The van der Waals surface area contributed by atoms with Crippen LogP contribution in [0.3, 0.4) is 0 Å². The van der Waals surface area contributed by atoms with Crippen LogP contribution in [-0.4, -0.2) is 63.1 Å². The molecule has 10 heteroatoms. The fraction of sp³-hybridized carbons (Fsp3) is 0.312. The third-order valence-corrected chi connectivity index (χ3v) is 7.30. The van der Waals surface area contributed by atoms with E-state index >= 15 is 0 Å². The van der Waals surface area contributed by atoms with Crippen molar-refractivity contribution in [3.05, 3.63) is 95.6 Å². The van der Waals surface area contributed by atoms with Crippen LogP contribution in [0.25, 0.3) is 0 Å². The molecule has 1 aliphatic heterocycles. The summed E-state index contributed by atoms with van der Waals surface area (Å²) in [5.41, 5.74) is -0.198. The average molecular weight is 576 g/mol. The summed E-state index contributed by atoms with van der Waals surface area (Å²) < 4.78 is 26.7. The van der Waals surface area contributed by atoms with Crippen LogP contribution >= 0.6 is 0 Å². The molecule has 1 saturated heterocycles. The van der Waals surface area contributed by atoms with Gasteiger partial charge in [0.25, 0.3) is 0 Å². The molecule has 0 aromatic heterocycles. The van der Waals surface area contributed by atoms with E-state index in [9.17, 15) is 19.2 Å². The van der Waals surface area contributed by atoms with Gasteiger partial charge in [0.2, 0.25) is 5.78 Å². The van der Waals surface area contributed by atoms with Crippen molar-refractivity contribution in [3.8, 4) is 11.5 Å². The lowest BCUT2D eigenvalue weighted by Crippen LogP contribution is -2.52. The van der Waals surface area contributed by atoms with Crippen LogP contribution in [0.5, 0.6) is 11.5 Å². The number of piperidine rings is 1. The zero-order valence-corrected chi connectivity index (χ0v) is 23.7. The van der Waals surface area contributed by atoms with Gasteiger partial charge in [-0.3, -0.25) is 14.4 Å². The molecule has 0 aliphatic carbocycles. The van der Waals surface area contributed by atoms with Gasteiger partial charge in [-0.05, 0) is 54.8 Å². The number of rotatable bonds is 10. The molecule has 1 unspecified atom stereocenters. The van der Waals surface area contributed by atoms with Crippen molar-refractivity contribution in [2.24, 2.45) is 5.41 Å². The molecule has 0 N–H and O–H groups in total. The Kier molecular flexibility index (Phi) is 9.80. The quantitative estimate of drug-likeness (QED) is 0.146. The second-order valence-corrected chi connectivity index (χ2v) is 9.75. The fourth-order valence-corrected chi connectivity index (χ4v) is 4.75. The lowest BCUT2D eigenvalue weighted by molar-refractivity contribution is -0.177. The second-order valence-electron chi connectivity index (χ2n) is 9.75. The Morgan fingerprint density at radius 2 is 1.33 bits per heavy atom. The molecule has 1 atom stereocenters. The molecule has 220 valence electrons. The molecule has 0 bridgehead atoms. The van der Waals surface area contributed by atoms with Gasteiger partial charge in [-0.25, -0.2) is 4.79 Å². The molecule has 0 spiro atoms. The Balaban J connectivity index is 1.53. The van der Waals surface area contributed by atoms with Gasteiger partial charge in [-0.1, -0.05) is 42.5 Å². The zero-order valence-electron chi connectivity index (χ0n) is 23.7. The van der Waals surface area contributed by atoms with E-state index in [1.807, 2.05) is 30.3 Å². The lowest BCUT2D eigenvalue weighted by atomic mass is 9.78. The van der Waals surface area contributed by atoms with Crippen molar-refractivity contribution in [2.45, 2.75) is 25.6 Å². The van der Waals surface area contributed by atoms with Crippen LogP contribution in [0.2, 0.25) is 0 Å². The summed E-state index contributed by atoms with van der Waals surface area (Å²) in [6, 6.07) is 22.2. The van der Waals surface area contributed by atoms with E-state index in [1.54, 1.807) is 48.5 Å². The van der Waals surface area contributed by atoms with Crippen molar-refractivity contribution in [3.63, 3.8) is 0 Å². The van der Waals surface area contributed by atoms with Gasteiger partial charge < -0.3 is 28.6 Å². The van der Waals surface area contributed by atoms with Crippen LogP contribution in [0.15, 0.2) is 78.9 Å². The third kappa shape index (κ3) is 6.71. The summed E-state index contributed by atoms with van der Waals surface area (Å²) in [4.78, 5) is 54.6. The maximum absolute atomic E-state index is 13.8. The molecule has 1 aliphatic rings. The predicted molar refractivity (Wildman–Crippen MR) is 151 cm³/mol. The predicted octanol–water partition coefficient (Wildman–Crippen LogP) is 4.76. The molecule has 1 amide bonds. The number of nitrogens with zero attached hydrogens (tertiary/aromatic N) is 1. The molecular weight excluding hydrogens is 542 g/mol. The second kappa shape index (κ2) is 13.7. The average Bonchev–Trinajstić information content (AvgIpc) is 3.05. The summed E-state index contributed by atoms with van der Waals surface area (Å²) in [6.07, 6.45) is -2.04. The Morgan fingerprint density at radius 3 is 1.88 bits per heavy atom. The number of benzene rings is 3. The largest absolute Gasteiger partial charge is 0.497 e. The number of amides is 1. The number of ketones is 1. The maximum atomic E-state index is 13.8. The minimum absolute atomic E-state index is 0.0530. The molecule has 4 rings (SSSR count). The van der Waals surface area contributed by atoms with E-state index in [0.29, 0.717) is 17.1 Å². The Hall–Kier alpha value is -4.86. The van der Waals surface area contributed by atoms with Crippen LogP contribution in [0, 0.1) is 5.41 Å². The molecule has 0 saturated carbocycles. The number of likely N-dealkylation sites (tertiary alicyclic amines) is 1. The highest BCUT2D eigenvalue weighted by molar-refractivity contribution is 6.04. The van der Waals surface area contributed by atoms with Crippen LogP contribution in [-0.2, 0) is 30.4 Å². The molecule has 1 heterocycles. The standard InChI is InChI=1S/C32H33NO9/c1-38-25-13-9-23(10-14-25)27(34)28(24-11-15-26(39-2)16-12-24)42-30(36)32(29(35)40-3)17-19-33(20-18-32)31(37)41-21-22-7-5-4-6-8-22/h4-16,28H,17-21H2,1-3H3. The van der Waals surface area contributed by atoms with E-state index in [4.69, 9.17) is 23.7 Å². The smallest absolute Gasteiger partial charge is 0.410 e. The van der Waals surface area contributed by atoms with E-state index < -0.39 is 35.3 Å². The van der Waals surface area contributed by atoms with Gasteiger partial charge in [0.05, 0.1) is 21.3 Å². The number of hydrogen-bond acceptors (Lipinski definition) is 9. The number of ether oxygens (including phenoxy) is 5. The lowest BCUT2D eigenvalue weighted by Gasteiger charge is -2.37. The normalized spacial score (nSPS) is 14.7. The highest BCUT2D eigenvalue weighted by Crippen LogP contribution is 2.37. The van der Waals surface area contributed by atoms with Gasteiger partial charge in [-0.15, -0.1) is 0 Å². The summed E-state index contributed by atoms with van der Waals surface area (Å²) in [5, 5.41) is 0. The van der Waals surface area contributed by atoms with Crippen LogP contribution in [0.4, 0.5) is 4.79 Å². The van der Waals surface area contributed by atoms with Crippen LogP contribution < -0.4 is 9.47 Å². The summed E-state index contributed by atoms with van der Waals surface area (Å²) in [5.74, 6) is -1.08. The Labute approximate surface area is 244 Å². The number of Topliss-reactive ketones (excluding diaryl/α,β-unsaturated/α-hetero) is 1. The van der Waals surface area contributed by atoms with E-state index in [-0.39, 0.29) is 38.1 Å². The van der Waals surface area contributed by atoms with Gasteiger partial charge in [0.1, 0.15) is 18.1 Å². The van der Waals surface area contributed by atoms with Gasteiger partial charge in [-0.2, -0.15) is 0 Å². The Bertz CT molecular complexity index is 1380. The van der Waals surface area contributed by atoms with Gasteiger partial charge in [0.15, 0.2) is 11.5 Å². The fourth-order valence-electron chi connectivity index (χ4n) is 4.75. The van der Waals surface area contributed by atoms with Crippen LogP contribution in [0.1, 0.15) is 40.4 Å². The van der Waals surface area contributed by atoms with Crippen molar-refractivity contribution >= 4 is 23.8 Å². The number of esters is 2. The number of carbonyl (C=O) groups is 4. The summed E-state index contributed by atoms with van der Waals surface area (Å²) in [6.45, 7) is 0.201. The van der Waals surface area contributed by atoms with Crippen molar-refractivity contribution < 1.29 is 42.9 Å². The number of methoxy groups -OCH3 is 3. The summed E-state index contributed by atoms with van der Waals surface area (Å²) in [7, 11) is 4.21. The first-order valence-corrected chi connectivity index (χ1v) is 13.4. The monoisotopic (exact) mass is 575 g/mol. The van der Waals surface area contributed by atoms with E-state index in [1.165, 1.54) is 26.2 Å². The van der Waals surface area contributed by atoms with Gasteiger partial charge >= 0.3 is 18.0 Å². The van der Waals surface area contributed by atoms with Crippen molar-refractivity contribution in [2.75, 3.05) is 34.4 Å². The Morgan fingerprint density at radius 1 is 0.762 bits per heavy atom. The molecule has 3 aromatic carbocycles. The maximum Gasteiger partial charge on any atom is 0.410 e. The van der Waals surface area contributed by atoms with Gasteiger partial charge in [0, 0.05) is 24.2 Å². The van der Waals surface area contributed by atoms with Crippen molar-refractivity contribution in [1.29, 1.82) is 0 Å². The SMILES string of the molecule is COC(=O)C1(C(=O)OC(C(=O)c2ccc(OC)cc2)c2ccc(OC)cc2)CCN(C(=O)OCc2ccccc2)CC1. The van der Waals surface area contributed by atoms with E-state index in [2.05, 4.69) is 0 Å². The first kappa shape index (κ1) is 30.1. The highest BCUT2D eigenvalue weighted by Gasteiger charge is 2.52. The molecule has 42 heavy (non-hydrogen) atoms. The molecule has 3 aromatic rings. The van der Waals surface area contributed by atoms with E-state index in [0.717, 1.165) is 5.56 Å². The number of carbonyl (C=O) groups excluding carboxylic acids is 4. The minimum Gasteiger partial charge on any atom is -0.497 e. The highest BCUT2D eigenvalue weighted by atomic mass is 16.6. The number of hydrogen-bond donors (Lipinski definition) is 0. The first-order chi connectivity index (χ1) is 20.3. The molecular formula is C32H33NO9. The topological polar surface area (TPSA) is 118 Å².